The van der Waals surface area contributed by atoms with Crippen molar-refractivity contribution in [3.05, 3.63) is 54.2 Å². The lowest BCUT2D eigenvalue weighted by atomic mass is 9.65. The van der Waals surface area contributed by atoms with Crippen LogP contribution in [0.3, 0.4) is 0 Å². The van der Waals surface area contributed by atoms with E-state index in [1.54, 1.807) is 0 Å². The molecular formula is C15H21B2NS. The zero-order valence-electron chi connectivity index (χ0n) is 12.5. The molecule has 0 amide bonds. The van der Waals surface area contributed by atoms with Crippen LogP contribution in [0.4, 0.5) is 0 Å². The largest absolute Gasteiger partial charge is 0.256 e. The number of hydrogen-bond donors (Lipinski definition) is 0. The summed E-state index contributed by atoms with van der Waals surface area (Å²) in [5.41, 5.74) is 3.63. The van der Waals surface area contributed by atoms with Gasteiger partial charge < -0.3 is 0 Å². The molecule has 2 aromatic rings. The second-order valence-corrected chi connectivity index (χ2v) is 10.8. The van der Waals surface area contributed by atoms with Crippen molar-refractivity contribution in [2.45, 2.75) is 4.55 Å². The predicted molar refractivity (Wildman–Crippen MR) is 93.8 cm³/mol. The minimum absolute atomic E-state index is 0.194. The fourth-order valence-electron chi connectivity index (χ4n) is 1.93. The van der Waals surface area contributed by atoms with Gasteiger partial charge in [0.25, 0.3) is 0 Å². The first-order chi connectivity index (χ1) is 8.82. The van der Waals surface area contributed by atoms with Crippen molar-refractivity contribution in [3.8, 4) is 11.3 Å². The van der Waals surface area contributed by atoms with E-state index in [4.69, 9.17) is 0 Å². The highest BCUT2D eigenvalue weighted by molar-refractivity contribution is 8.34. The Balaban J connectivity index is 2.47. The van der Waals surface area contributed by atoms with E-state index in [0.717, 1.165) is 5.69 Å². The number of benzene rings is 1. The maximum Gasteiger partial charge on any atom is 0.115 e. The molecule has 1 nitrogen and oxygen atoms in total. The van der Waals surface area contributed by atoms with E-state index in [1.165, 1.54) is 11.1 Å². The van der Waals surface area contributed by atoms with E-state index in [9.17, 15) is 0 Å². The summed E-state index contributed by atoms with van der Waals surface area (Å²) in [4.78, 5) is 4.51. The number of rotatable bonds is 3. The number of nitrogens with zero attached hydrogens (tertiary/aromatic N) is 1. The lowest BCUT2D eigenvalue weighted by Gasteiger charge is -2.45. The first-order valence-corrected chi connectivity index (χ1v) is 9.38. The van der Waals surface area contributed by atoms with Gasteiger partial charge in [-0.3, -0.25) is 15.0 Å². The van der Waals surface area contributed by atoms with Gasteiger partial charge in [0, 0.05) is 11.8 Å². The molecule has 0 saturated carbocycles. The van der Waals surface area contributed by atoms with E-state index in [-0.39, 0.29) is 4.55 Å². The first-order valence-electron chi connectivity index (χ1n) is 6.52. The minimum Gasteiger partial charge on any atom is -0.256 e. The molecule has 0 radical (unpaired) electrons. The van der Waals surface area contributed by atoms with Gasteiger partial charge in [0.15, 0.2) is 0 Å². The van der Waals surface area contributed by atoms with Gasteiger partial charge in [-0.2, -0.15) is 0 Å². The maximum atomic E-state index is 4.51. The Bertz CT molecular complexity index is 562. The normalized spacial score (nSPS) is 13.2. The van der Waals surface area contributed by atoms with Crippen LogP contribution < -0.4 is 0 Å². The van der Waals surface area contributed by atoms with Crippen LogP contribution in [0.15, 0.2) is 48.7 Å². The van der Waals surface area contributed by atoms with Crippen molar-refractivity contribution < 1.29 is 0 Å². The Labute approximate surface area is 120 Å². The van der Waals surface area contributed by atoms with Crippen molar-refractivity contribution in [2.75, 3.05) is 18.8 Å². The summed E-state index contributed by atoms with van der Waals surface area (Å²) in [5.74, 6) is 0. The molecule has 0 aliphatic heterocycles. The monoisotopic (exact) mass is 269 g/mol. The second-order valence-electron chi connectivity index (χ2n) is 6.14. The molecule has 0 N–H and O–H groups in total. The molecule has 0 saturated heterocycles. The average molecular weight is 269 g/mol. The molecule has 2 rings (SSSR count). The summed E-state index contributed by atoms with van der Waals surface area (Å²) in [7, 11) is 4.00. The van der Waals surface area contributed by atoms with Crippen molar-refractivity contribution in [3.63, 3.8) is 0 Å². The van der Waals surface area contributed by atoms with Gasteiger partial charge in [0.1, 0.15) is 15.7 Å². The topological polar surface area (TPSA) is 12.9 Å². The van der Waals surface area contributed by atoms with E-state index in [1.807, 2.05) is 12.3 Å². The summed E-state index contributed by atoms with van der Waals surface area (Å²) in [6.07, 6.45) is 9.05. The summed E-state index contributed by atoms with van der Waals surface area (Å²) < 4.78 is 0.194. The molecule has 19 heavy (non-hydrogen) atoms. The molecule has 1 heterocycles. The van der Waals surface area contributed by atoms with E-state index < -0.39 is 10.0 Å². The molecule has 1 aromatic heterocycles. The first kappa shape index (κ1) is 14.3. The highest BCUT2D eigenvalue weighted by Crippen LogP contribution is 2.52. The van der Waals surface area contributed by atoms with Crippen LogP contribution in [0.5, 0.6) is 0 Å². The molecule has 4 heteroatoms. The molecule has 1 aromatic carbocycles. The fourth-order valence-corrected chi connectivity index (χ4v) is 2.76. The Kier molecular flexibility index (Phi) is 3.82. The molecule has 0 aliphatic carbocycles. The lowest BCUT2D eigenvalue weighted by molar-refractivity contribution is 1.19. The zero-order valence-corrected chi connectivity index (χ0v) is 13.3. The molecule has 0 fully saturated rings. The molecule has 0 unspecified atom stereocenters. The number of pyridine rings is 1. The van der Waals surface area contributed by atoms with Crippen LogP contribution >= 0.6 is 10.0 Å². The Morgan fingerprint density at radius 3 is 2.21 bits per heavy atom. The van der Waals surface area contributed by atoms with Gasteiger partial charge in [0.2, 0.25) is 0 Å². The van der Waals surface area contributed by atoms with E-state index in [2.05, 4.69) is 75.8 Å². The van der Waals surface area contributed by atoms with Gasteiger partial charge in [-0.1, -0.05) is 30.3 Å². The smallest absolute Gasteiger partial charge is 0.115 e. The van der Waals surface area contributed by atoms with E-state index in [0.29, 0.717) is 0 Å². The van der Waals surface area contributed by atoms with Crippen LogP contribution in [0, 0.1) is 0 Å². The predicted octanol–water partition coefficient (Wildman–Crippen LogP) is 1.82. The molecule has 0 bridgehead atoms. The molecule has 98 valence electrons. The Morgan fingerprint density at radius 2 is 1.63 bits per heavy atom. The SMILES string of the molecule is BC(B)(c1ccnc(-c2ccccc2)c1)S(C)(C)C. The molecule has 0 spiro atoms. The van der Waals surface area contributed by atoms with E-state index >= 15 is 0 Å². The molecular weight excluding hydrogens is 248 g/mol. The molecule has 0 aliphatic rings. The summed E-state index contributed by atoms with van der Waals surface area (Å²) in [5, 5.41) is 0. The van der Waals surface area contributed by atoms with Crippen molar-refractivity contribution >= 4 is 25.7 Å². The minimum atomic E-state index is -0.682. The third-order valence-corrected chi connectivity index (χ3v) is 7.35. The van der Waals surface area contributed by atoms with Gasteiger partial charge in [-0.05, 0) is 41.0 Å². The van der Waals surface area contributed by atoms with Crippen LogP contribution in [0.1, 0.15) is 5.56 Å². The number of aromatic nitrogens is 1. The Hall–Kier alpha value is -1.15. The summed E-state index contributed by atoms with van der Waals surface area (Å²) in [6, 6.07) is 14.8. The standard InChI is InChI=1S/C15H21B2NS/c1-19(2,3)15(16,17)13-9-10-18-14(11-13)12-7-5-4-6-8-12/h4-11H,16-17H2,1-3H3. The lowest BCUT2D eigenvalue weighted by Crippen LogP contribution is -2.32. The third-order valence-electron chi connectivity index (χ3n) is 4.06. The summed E-state index contributed by atoms with van der Waals surface area (Å²) >= 11 is 0. The number of hydrogen-bond acceptors (Lipinski definition) is 1. The second kappa shape index (κ2) is 5.09. The van der Waals surface area contributed by atoms with Gasteiger partial charge in [0.05, 0.1) is 5.69 Å². The maximum absolute atomic E-state index is 4.51. The summed E-state index contributed by atoms with van der Waals surface area (Å²) in [6.45, 7) is 0. The van der Waals surface area contributed by atoms with Crippen molar-refractivity contribution in [1.29, 1.82) is 0 Å². The molecule has 0 atom stereocenters. The van der Waals surface area contributed by atoms with Gasteiger partial charge in [-0.25, -0.2) is 0 Å². The highest BCUT2D eigenvalue weighted by atomic mass is 32.3. The third kappa shape index (κ3) is 2.89. The fraction of sp³-hybridized carbons (Fsp3) is 0.267. The van der Waals surface area contributed by atoms with Crippen molar-refractivity contribution in [1.82, 2.24) is 4.98 Å². The van der Waals surface area contributed by atoms with Crippen LogP contribution in [-0.2, 0) is 4.55 Å². The van der Waals surface area contributed by atoms with Crippen LogP contribution in [0.25, 0.3) is 11.3 Å². The van der Waals surface area contributed by atoms with Gasteiger partial charge in [-0.15, -0.1) is 0 Å². The highest BCUT2D eigenvalue weighted by Gasteiger charge is 2.30. The average Bonchev–Trinajstić information content (AvgIpc) is 2.39. The van der Waals surface area contributed by atoms with Crippen molar-refractivity contribution in [2.24, 2.45) is 0 Å². The van der Waals surface area contributed by atoms with Crippen LogP contribution in [0.2, 0.25) is 0 Å². The quantitative estimate of drug-likeness (QED) is 0.774. The zero-order chi connectivity index (χ0) is 14.1. The van der Waals surface area contributed by atoms with Crippen LogP contribution in [-0.4, -0.2) is 39.4 Å². The van der Waals surface area contributed by atoms with Gasteiger partial charge >= 0.3 is 0 Å². The Morgan fingerprint density at radius 1 is 1.00 bits per heavy atom.